The molecule has 2 nitrogen and oxygen atoms in total. The highest BCUT2D eigenvalue weighted by atomic mass is 35.5. The first kappa shape index (κ1) is 13.6. The first-order valence-electron chi connectivity index (χ1n) is 6.43. The minimum Gasteiger partial charge on any atom is -0.368 e. The lowest BCUT2D eigenvalue weighted by Crippen LogP contribution is -2.52. The lowest BCUT2D eigenvalue weighted by molar-refractivity contribution is 0.282. The van der Waals surface area contributed by atoms with Crippen LogP contribution in [-0.2, 0) is 0 Å². The highest BCUT2D eigenvalue weighted by Crippen LogP contribution is 2.30. The van der Waals surface area contributed by atoms with E-state index in [4.69, 9.17) is 11.6 Å². The van der Waals surface area contributed by atoms with Crippen LogP contribution in [0.5, 0.6) is 0 Å². The second kappa shape index (κ2) is 5.45. The van der Waals surface area contributed by atoms with Gasteiger partial charge in [-0.15, -0.1) is 0 Å². The summed E-state index contributed by atoms with van der Waals surface area (Å²) in [5, 5.41) is 3.81. The van der Waals surface area contributed by atoms with E-state index in [1.165, 1.54) is 6.07 Å². The maximum absolute atomic E-state index is 13.4. The Labute approximate surface area is 113 Å². The molecule has 100 valence electrons. The summed E-state index contributed by atoms with van der Waals surface area (Å²) in [5.74, 6) is 0.249. The van der Waals surface area contributed by atoms with Gasteiger partial charge < -0.3 is 10.2 Å². The Morgan fingerprint density at radius 2 is 2.06 bits per heavy atom. The van der Waals surface area contributed by atoms with Gasteiger partial charge in [-0.1, -0.05) is 18.5 Å². The highest BCUT2D eigenvalue weighted by Gasteiger charge is 2.31. The molecule has 0 bridgehead atoms. The van der Waals surface area contributed by atoms with Crippen LogP contribution in [0.15, 0.2) is 18.2 Å². The van der Waals surface area contributed by atoms with Gasteiger partial charge in [0.15, 0.2) is 0 Å². The quantitative estimate of drug-likeness (QED) is 0.887. The van der Waals surface area contributed by atoms with Crippen molar-refractivity contribution in [3.05, 3.63) is 29.0 Å². The number of nitrogens with one attached hydrogen (secondary N) is 1. The molecule has 0 spiro atoms. The predicted molar refractivity (Wildman–Crippen MR) is 74.8 cm³/mol. The standard InChI is InChI=1S/C14H20ClFN2/c1-9-10(2)18(5-4-14(9)17-3)13-7-11(15)6-12(16)8-13/h6-10,14,17H,4-5H2,1-3H3. The Kier molecular flexibility index (Phi) is 4.13. The zero-order chi connectivity index (χ0) is 13.3. The van der Waals surface area contributed by atoms with Crippen LogP contribution in [-0.4, -0.2) is 25.7 Å². The van der Waals surface area contributed by atoms with E-state index in [1.807, 2.05) is 13.1 Å². The van der Waals surface area contributed by atoms with Crippen LogP contribution < -0.4 is 10.2 Å². The van der Waals surface area contributed by atoms with Gasteiger partial charge in [-0.3, -0.25) is 0 Å². The monoisotopic (exact) mass is 270 g/mol. The predicted octanol–water partition coefficient (Wildman–Crippen LogP) is 3.30. The number of rotatable bonds is 2. The fourth-order valence-corrected chi connectivity index (χ4v) is 3.06. The molecule has 1 aliphatic heterocycles. The molecule has 4 heteroatoms. The van der Waals surface area contributed by atoms with Crippen molar-refractivity contribution < 1.29 is 4.39 Å². The van der Waals surface area contributed by atoms with E-state index in [-0.39, 0.29) is 5.82 Å². The minimum absolute atomic E-state index is 0.270. The molecule has 1 saturated heterocycles. The van der Waals surface area contributed by atoms with Gasteiger partial charge >= 0.3 is 0 Å². The molecule has 1 aromatic carbocycles. The number of benzene rings is 1. The number of piperidine rings is 1. The third kappa shape index (κ3) is 2.62. The number of anilines is 1. The number of halogens is 2. The second-order valence-corrected chi connectivity index (χ2v) is 5.54. The van der Waals surface area contributed by atoms with Gasteiger partial charge in [-0.2, -0.15) is 0 Å². The molecule has 0 radical (unpaired) electrons. The zero-order valence-corrected chi connectivity index (χ0v) is 11.8. The van der Waals surface area contributed by atoms with E-state index < -0.39 is 0 Å². The SMILES string of the molecule is CNC1CCN(c2cc(F)cc(Cl)c2)C(C)C1C. The summed E-state index contributed by atoms with van der Waals surface area (Å²) < 4.78 is 13.4. The molecule has 1 N–H and O–H groups in total. The molecule has 3 atom stereocenters. The van der Waals surface area contributed by atoms with Gasteiger partial charge in [0.2, 0.25) is 0 Å². The number of nitrogens with zero attached hydrogens (tertiary/aromatic N) is 1. The van der Waals surface area contributed by atoms with Gasteiger partial charge in [-0.05, 0) is 44.5 Å². The molecule has 18 heavy (non-hydrogen) atoms. The second-order valence-electron chi connectivity index (χ2n) is 5.10. The molecule has 3 unspecified atom stereocenters. The fourth-order valence-electron chi connectivity index (χ4n) is 2.84. The summed E-state index contributed by atoms with van der Waals surface area (Å²) in [6.45, 7) is 5.35. The molecule has 1 aliphatic rings. The van der Waals surface area contributed by atoms with Crippen molar-refractivity contribution in [2.45, 2.75) is 32.4 Å². The highest BCUT2D eigenvalue weighted by molar-refractivity contribution is 6.30. The van der Waals surface area contributed by atoms with Gasteiger partial charge in [-0.25, -0.2) is 4.39 Å². The molecule has 0 aromatic heterocycles. The summed E-state index contributed by atoms with van der Waals surface area (Å²) >= 11 is 5.93. The Morgan fingerprint density at radius 3 is 2.67 bits per heavy atom. The van der Waals surface area contributed by atoms with E-state index in [1.54, 1.807) is 6.07 Å². The van der Waals surface area contributed by atoms with Crippen LogP contribution in [0.4, 0.5) is 10.1 Å². The van der Waals surface area contributed by atoms with Crippen molar-refractivity contribution >= 4 is 17.3 Å². The van der Waals surface area contributed by atoms with E-state index >= 15 is 0 Å². The average molecular weight is 271 g/mol. The van der Waals surface area contributed by atoms with Gasteiger partial charge in [0, 0.05) is 29.3 Å². The Hall–Kier alpha value is -0.800. The van der Waals surface area contributed by atoms with Crippen molar-refractivity contribution in [3.63, 3.8) is 0 Å². The molecule has 0 amide bonds. The maximum atomic E-state index is 13.4. The third-order valence-corrected chi connectivity index (χ3v) is 4.34. The first-order chi connectivity index (χ1) is 8.52. The Morgan fingerprint density at radius 1 is 1.33 bits per heavy atom. The molecule has 2 rings (SSSR count). The summed E-state index contributed by atoms with van der Waals surface area (Å²) in [6.07, 6.45) is 1.07. The van der Waals surface area contributed by atoms with E-state index in [2.05, 4.69) is 24.1 Å². The van der Waals surface area contributed by atoms with Crippen LogP contribution in [0, 0.1) is 11.7 Å². The van der Waals surface area contributed by atoms with Crippen LogP contribution >= 0.6 is 11.6 Å². The van der Waals surface area contributed by atoms with Gasteiger partial charge in [0.05, 0.1) is 0 Å². The smallest absolute Gasteiger partial charge is 0.126 e. The third-order valence-electron chi connectivity index (χ3n) is 4.12. The maximum Gasteiger partial charge on any atom is 0.126 e. The minimum atomic E-state index is -0.270. The zero-order valence-electron chi connectivity index (χ0n) is 11.1. The topological polar surface area (TPSA) is 15.3 Å². The van der Waals surface area contributed by atoms with E-state index in [9.17, 15) is 4.39 Å². The van der Waals surface area contributed by atoms with Crippen molar-refractivity contribution in [1.29, 1.82) is 0 Å². The first-order valence-corrected chi connectivity index (χ1v) is 6.80. The van der Waals surface area contributed by atoms with Gasteiger partial charge in [0.1, 0.15) is 5.82 Å². The molecular weight excluding hydrogens is 251 g/mol. The average Bonchev–Trinajstić information content (AvgIpc) is 2.31. The van der Waals surface area contributed by atoms with Crippen LogP contribution in [0.2, 0.25) is 5.02 Å². The summed E-state index contributed by atoms with van der Waals surface area (Å²) in [6, 6.07) is 5.65. The van der Waals surface area contributed by atoms with Crippen LogP contribution in [0.1, 0.15) is 20.3 Å². The Bertz CT molecular complexity index is 404. The largest absolute Gasteiger partial charge is 0.368 e. The lowest BCUT2D eigenvalue weighted by Gasteiger charge is -2.44. The van der Waals surface area contributed by atoms with Crippen molar-refractivity contribution in [2.24, 2.45) is 5.92 Å². The van der Waals surface area contributed by atoms with Crippen molar-refractivity contribution in [3.8, 4) is 0 Å². The number of hydrogen-bond donors (Lipinski definition) is 1. The summed E-state index contributed by atoms with van der Waals surface area (Å²) in [7, 11) is 2.00. The van der Waals surface area contributed by atoms with E-state index in [0.29, 0.717) is 23.0 Å². The van der Waals surface area contributed by atoms with E-state index in [0.717, 1.165) is 18.7 Å². The summed E-state index contributed by atoms with van der Waals surface area (Å²) in [4.78, 5) is 2.24. The Balaban J connectivity index is 2.23. The van der Waals surface area contributed by atoms with Crippen molar-refractivity contribution in [1.82, 2.24) is 5.32 Å². The lowest BCUT2D eigenvalue weighted by atomic mass is 9.87. The molecular formula is C14H20ClFN2. The van der Waals surface area contributed by atoms with Crippen LogP contribution in [0.25, 0.3) is 0 Å². The normalized spacial score (nSPS) is 28.5. The number of hydrogen-bond acceptors (Lipinski definition) is 2. The van der Waals surface area contributed by atoms with Crippen molar-refractivity contribution in [2.75, 3.05) is 18.5 Å². The molecule has 1 aromatic rings. The molecule has 1 fully saturated rings. The van der Waals surface area contributed by atoms with Crippen LogP contribution in [0.3, 0.4) is 0 Å². The summed E-state index contributed by atoms with van der Waals surface area (Å²) in [5.41, 5.74) is 0.883. The van der Waals surface area contributed by atoms with Gasteiger partial charge in [0.25, 0.3) is 0 Å². The molecule has 0 aliphatic carbocycles. The fraction of sp³-hybridized carbons (Fsp3) is 0.571. The molecule has 0 saturated carbocycles. The molecule has 1 heterocycles.